The Morgan fingerprint density at radius 3 is 2.12 bits per heavy atom. The Balaban J connectivity index is 3.33. The summed E-state index contributed by atoms with van der Waals surface area (Å²) >= 11 is 0. The van der Waals surface area contributed by atoms with Gasteiger partial charge in [0.2, 0.25) is 11.8 Å². The molecule has 32 heavy (non-hydrogen) atoms. The summed E-state index contributed by atoms with van der Waals surface area (Å²) in [6.45, 7) is 14.5. The van der Waals surface area contributed by atoms with Gasteiger partial charge in [0, 0.05) is 18.2 Å². The van der Waals surface area contributed by atoms with Crippen LogP contribution in [-0.2, 0) is 14.3 Å². The number of hydrogen-bond acceptors (Lipinski definition) is 5. The number of benzene rings is 1. The lowest BCUT2D eigenvalue weighted by atomic mass is 9.95. The highest BCUT2D eigenvalue weighted by atomic mass is 16.6. The van der Waals surface area contributed by atoms with Gasteiger partial charge in [-0.25, -0.2) is 4.79 Å². The molecular formula is C24H39N3O5. The normalized spacial score (nSPS) is 14.7. The van der Waals surface area contributed by atoms with E-state index in [0.717, 1.165) is 0 Å². The van der Waals surface area contributed by atoms with E-state index >= 15 is 0 Å². The average molecular weight is 450 g/mol. The number of para-hydroxylation sites is 1. The molecule has 0 heterocycles. The summed E-state index contributed by atoms with van der Waals surface area (Å²) in [6, 6.07) is 4.41. The van der Waals surface area contributed by atoms with Gasteiger partial charge in [-0.2, -0.15) is 0 Å². The van der Waals surface area contributed by atoms with Crippen molar-refractivity contribution < 1.29 is 24.2 Å². The van der Waals surface area contributed by atoms with Crippen LogP contribution in [0.1, 0.15) is 73.4 Å². The summed E-state index contributed by atoms with van der Waals surface area (Å²) in [5, 5.41) is 16.0. The minimum absolute atomic E-state index is 0.0959. The lowest BCUT2D eigenvalue weighted by molar-refractivity contribution is -0.142. The van der Waals surface area contributed by atoms with E-state index < -0.39 is 41.1 Å². The van der Waals surface area contributed by atoms with Gasteiger partial charge < -0.3 is 25.4 Å². The van der Waals surface area contributed by atoms with Gasteiger partial charge in [0.05, 0.1) is 0 Å². The molecule has 1 rings (SSSR count). The fourth-order valence-corrected chi connectivity index (χ4v) is 3.15. The zero-order chi connectivity index (χ0) is 24.9. The standard InChI is InChI=1S/C24H39N3O5/c1-10-15(2)18(25-22(31)32-24(6,7)8)21(30)27(9)19(20(29)26-23(3,4)5)16-13-11-12-14-17(16)28/h11-15,18-19,28H,10H2,1-9H3,(H,25,31)(H,26,29). The molecule has 0 bridgehead atoms. The summed E-state index contributed by atoms with van der Waals surface area (Å²) < 4.78 is 5.33. The predicted molar refractivity (Wildman–Crippen MR) is 124 cm³/mol. The van der Waals surface area contributed by atoms with E-state index in [1.807, 2.05) is 34.6 Å². The highest BCUT2D eigenvalue weighted by molar-refractivity contribution is 5.92. The van der Waals surface area contributed by atoms with E-state index in [4.69, 9.17) is 4.74 Å². The zero-order valence-corrected chi connectivity index (χ0v) is 20.8. The number of rotatable bonds is 7. The van der Waals surface area contributed by atoms with Crippen molar-refractivity contribution in [3.8, 4) is 5.75 Å². The van der Waals surface area contributed by atoms with Crippen molar-refractivity contribution in [1.29, 1.82) is 0 Å². The van der Waals surface area contributed by atoms with Gasteiger partial charge in [-0.15, -0.1) is 0 Å². The lowest BCUT2D eigenvalue weighted by Crippen LogP contribution is -2.55. The number of carbonyl (C=O) groups excluding carboxylic acids is 3. The molecule has 0 aliphatic heterocycles. The third kappa shape index (κ3) is 8.05. The number of nitrogens with one attached hydrogen (secondary N) is 2. The number of amides is 3. The molecule has 8 nitrogen and oxygen atoms in total. The Labute approximate surface area is 191 Å². The van der Waals surface area contributed by atoms with Crippen LogP contribution in [0.3, 0.4) is 0 Å². The van der Waals surface area contributed by atoms with Gasteiger partial charge in [-0.3, -0.25) is 9.59 Å². The van der Waals surface area contributed by atoms with Crippen molar-refractivity contribution in [3.63, 3.8) is 0 Å². The lowest BCUT2D eigenvalue weighted by Gasteiger charge is -2.35. The molecule has 0 spiro atoms. The maximum absolute atomic E-state index is 13.5. The van der Waals surface area contributed by atoms with E-state index in [-0.39, 0.29) is 11.7 Å². The Morgan fingerprint density at radius 2 is 1.66 bits per heavy atom. The summed E-state index contributed by atoms with van der Waals surface area (Å²) in [6.07, 6.45) is -0.0852. The van der Waals surface area contributed by atoms with Gasteiger partial charge in [0.25, 0.3) is 0 Å². The summed E-state index contributed by atoms with van der Waals surface area (Å²) in [4.78, 5) is 40.4. The first kappa shape index (κ1) is 27.3. The summed E-state index contributed by atoms with van der Waals surface area (Å²) in [5.41, 5.74) is -0.969. The Kier molecular flexibility index (Phi) is 9.12. The minimum Gasteiger partial charge on any atom is -0.508 e. The molecule has 0 fully saturated rings. The third-order valence-electron chi connectivity index (χ3n) is 4.86. The molecule has 3 N–H and O–H groups in total. The number of nitrogens with zero attached hydrogens (tertiary/aromatic N) is 1. The molecule has 3 unspecified atom stereocenters. The van der Waals surface area contributed by atoms with Crippen molar-refractivity contribution in [3.05, 3.63) is 29.8 Å². The maximum Gasteiger partial charge on any atom is 0.408 e. The van der Waals surface area contributed by atoms with Gasteiger partial charge in [0.15, 0.2) is 0 Å². The smallest absolute Gasteiger partial charge is 0.408 e. The first-order valence-corrected chi connectivity index (χ1v) is 10.9. The second kappa shape index (κ2) is 10.7. The van der Waals surface area contributed by atoms with E-state index in [1.54, 1.807) is 39.0 Å². The molecule has 0 saturated heterocycles. The highest BCUT2D eigenvalue weighted by Gasteiger charge is 2.37. The molecule has 0 saturated carbocycles. The highest BCUT2D eigenvalue weighted by Crippen LogP contribution is 2.30. The van der Waals surface area contributed by atoms with Crippen molar-refractivity contribution in [2.24, 2.45) is 5.92 Å². The quantitative estimate of drug-likeness (QED) is 0.588. The number of ether oxygens (including phenoxy) is 1. The number of likely N-dealkylation sites (N-methyl/N-ethyl adjacent to an activating group) is 1. The molecule has 1 aromatic carbocycles. The van der Waals surface area contributed by atoms with Crippen LogP contribution in [0.15, 0.2) is 24.3 Å². The second-order valence-electron chi connectivity index (χ2n) is 10.2. The fraction of sp³-hybridized carbons (Fsp3) is 0.625. The number of phenolic OH excluding ortho intramolecular Hbond substituents is 1. The van der Waals surface area contributed by atoms with Crippen LogP contribution in [0.2, 0.25) is 0 Å². The van der Waals surface area contributed by atoms with E-state index in [9.17, 15) is 19.5 Å². The SMILES string of the molecule is CCC(C)C(NC(=O)OC(C)(C)C)C(=O)N(C)C(C(=O)NC(C)(C)C)c1ccccc1O. The van der Waals surface area contributed by atoms with Gasteiger partial charge in [-0.05, 0) is 53.5 Å². The van der Waals surface area contributed by atoms with Crippen LogP contribution in [0.25, 0.3) is 0 Å². The fourth-order valence-electron chi connectivity index (χ4n) is 3.15. The molecular weight excluding hydrogens is 410 g/mol. The molecule has 0 aliphatic carbocycles. The molecule has 180 valence electrons. The minimum atomic E-state index is -1.09. The Hall–Kier alpha value is -2.77. The second-order valence-corrected chi connectivity index (χ2v) is 10.2. The zero-order valence-electron chi connectivity index (χ0n) is 20.8. The Bertz CT molecular complexity index is 811. The van der Waals surface area contributed by atoms with Crippen molar-refractivity contribution in [2.75, 3.05) is 7.05 Å². The van der Waals surface area contributed by atoms with Gasteiger partial charge in [-0.1, -0.05) is 38.5 Å². The number of hydrogen-bond donors (Lipinski definition) is 3. The first-order chi connectivity index (χ1) is 14.6. The number of alkyl carbamates (subject to hydrolysis) is 1. The van der Waals surface area contributed by atoms with Crippen molar-refractivity contribution >= 4 is 17.9 Å². The third-order valence-corrected chi connectivity index (χ3v) is 4.86. The summed E-state index contributed by atoms with van der Waals surface area (Å²) in [7, 11) is 1.49. The molecule has 0 aliphatic rings. The van der Waals surface area contributed by atoms with E-state index in [0.29, 0.717) is 12.0 Å². The first-order valence-electron chi connectivity index (χ1n) is 10.9. The predicted octanol–water partition coefficient (Wildman–Crippen LogP) is 3.75. The van der Waals surface area contributed by atoms with Crippen LogP contribution in [0, 0.1) is 5.92 Å². The monoisotopic (exact) mass is 449 g/mol. The van der Waals surface area contributed by atoms with Gasteiger partial charge in [0.1, 0.15) is 23.4 Å². The molecule has 1 aromatic rings. The number of phenols is 1. The molecule has 0 radical (unpaired) electrons. The molecule has 8 heteroatoms. The largest absolute Gasteiger partial charge is 0.508 e. The van der Waals surface area contributed by atoms with E-state index in [1.165, 1.54) is 18.0 Å². The maximum atomic E-state index is 13.5. The van der Waals surface area contributed by atoms with Crippen molar-refractivity contribution in [1.82, 2.24) is 15.5 Å². The average Bonchev–Trinajstić information content (AvgIpc) is 2.63. The summed E-state index contributed by atoms with van der Waals surface area (Å²) in [5.74, 6) is -1.20. The van der Waals surface area contributed by atoms with E-state index in [2.05, 4.69) is 10.6 Å². The van der Waals surface area contributed by atoms with Crippen LogP contribution in [-0.4, -0.2) is 52.1 Å². The van der Waals surface area contributed by atoms with Crippen LogP contribution >= 0.6 is 0 Å². The molecule has 3 amide bonds. The Morgan fingerprint density at radius 1 is 1.09 bits per heavy atom. The molecule has 3 atom stereocenters. The number of carbonyl (C=O) groups is 3. The van der Waals surface area contributed by atoms with Crippen LogP contribution < -0.4 is 10.6 Å². The van der Waals surface area contributed by atoms with Crippen LogP contribution in [0.4, 0.5) is 4.79 Å². The topological polar surface area (TPSA) is 108 Å². The number of aromatic hydroxyl groups is 1. The van der Waals surface area contributed by atoms with Gasteiger partial charge >= 0.3 is 6.09 Å². The van der Waals surface area contributed by atoms with Crippen molar-refractivity contribution in [2.45, 2.75) is 85.0 Å². The van der Waals surface area contributed by atoms with Crippen LogP contribution in [0.5, 0.6) is 5.75 Å². The molecule has 0 aromatic heterocycles.